The van der Waals surface area contributed by atoms with E-state index < -0.39 is 5.41 Å². The summed E-state index contributed by atoms with van der Waals surface area (Å²) in [6, 6.07) is 12.4. The van der Waals surface area contributed by atoms with Gasteiger partial charge in [0.05, 0.1) is 29.5 Å². The number of methoxy groups -OCH3 is 1. The first-order valence-corrected chi connectivity index (χ1v) is 9.15. The fraction of sp³-hybridized carbons (Fsp3) is 0.409. The zero-order valence-corrected chi connectivity index (χ0v) is 15.6. The quantitative estimate of drug-likeness (QED) is 0.487. The molecule has 26 heavy (non-hydrogen) atoms. The van der Waals surface area contributed by atoms with Crippen molar-refractivity contribution in [2.24, 2.45) is 5.41 Å². The van der Waals surface area contributed by atoms with Gasteiger partial charge in [-0.2, -0.15) is 0 Å². The van der Waals surface area contributed by atoms with E-state index in [1.54, 1.807) is 0 Å². The Morgan fingerprint density at radius 2 is 1.54 bits per heavy atom. The van der Waals surface area contributed by atoms with Gasteiger partial charge in [-0.05, 0) is 41.2 Å². The first kappa shape index (κ1) is 15.7. The van der Waals surface area contributed by atoms with Crippen LogP contribution in [-0.2, 0) is 20.4 Å². The first-order chi connectivity index (χ1) is 12.3. The van der Waals surface area contributed by atoms with Crippen LogP contribution in [0.4, 0.5) is 0 Å². The highest BCUT2D eigenvalue weighted by Gasteiger charge is 2.73. The molecule has 2 bridgehead atoms. The number of esters is 1. The number of carbonyl (C=O) groups is 1. The van der Waals surface area contributed by atoms with Gasteiger partial charge in [0.15, 0.2) is 0 Å². The Morgan fingerprint density at radius 3 is 2.12 bits per heavy atom. The normalized spacial score (nSPS) is 28.5. The summed E-state index contributed by atoms with van der Waals surface area (Å²) in [5.41, 5.74) is 2.37. The second kappa shape index (κ2) is 4.61. The molecule has 132 valence electrons. The smallest absolute Gasteiger partial charge is 0.318 e. The molecule has 0 radical (unpaired) electrons. The molecule has 0 amide bonds. The number of hydrogen-bond acceptors (Lipinski definition) is 4. The van der Waals surface area contributed by atoms with Crippen LogP contribution >= 0.6 is 0 Å². The second-order valence-corrected chi connectivity index (χ2v) is 8.46. The largest absolute Gasteiger partial charge is 0.468 e. The highest BCUT2D eigenvalue weighted by Crippen LogP contribution is 2.70. The highest BCUT2D eigenvalue weighted by atomic mass is 16.5. The van der Waals surface area contributed by atoms with E-state index in [0.29, 0.717) is 0 Å². The van der Waals surface area contributed by atoms with Gasteiger partial charge < -0.3 is 4.74 Å². The number of rotatable bonds is 1. The number of benzene rings is 2. The first-order valence-electron chi connectivity index (χ1n) is 9.15. The van der Waals surface area contributed by atoms with E-state index in [2.05, 4.69) is 45.0 Å². The Morgan fingerprint density at radius 1 is 0.962 bits per heavy atom. The maximum Gasteiger partial charge on any atom is 0.318 e. The van der Waals surface area contributed by atoms with Gasteiger partial charge in [-0.3, -0.25) is 4.79 Å². The molecule has 1 heterocycles. The number of hydrogen-bond donors (Lipinski definition) is 0. The van der Waals surface area contributed by atoms with Crippen LogP contribution in [0.15, 0.2) is 36.4 Å². The number of ether oxygens (including phenoxy) is 1. The number of aromatic nitrogens is 2. The van der Waals surface area contributed by atoms with Crippen molar-refractivity contribution in [2.75, 3.05) is 7.11 Å². The number of carbonyl (C=O) groups excluding carboxylic acids is 1. The predicted octanol–water partition coefficient (Wildman–Crippen LogP) is 4.29. The van der Waals surface area contributed by atoms with Crippen LogP contribution in [0.1, 0.15) is 45.0 Å². The fourth-order valence-corrected chi connectivity index (χ4v) is 5.41. The standard InChI is InChI=1S/C22H22N2O2/c1-20(2)21(3)9-10-22(20,19(25)26-4)18-17(21)23-15-11-13-7-5-6-8-14(13)12-16(15)24-18/h5-8,11-12H,9-10H2,1-4H3/t21-,22-/m0/s1. The summed E-state index contributed by atoms with van der Waals surface area (Å²) in [7, 11) is 1.48. The molecule has 0 aliphatic heterocycles. The lowest BCUT2D eigenvalue weighted by molar-refractivity contribution is -0.151. The molecular formula is C22H22N2O2. The van der Waals surface area contributed by atoms with E-state index in [0.717, 1.165) is 46.0 Å². The van der Waals surface area contributed by atoms with E-state index in [1.807, 2.05) is 12.1 Å². The molecule has 1 fully saturated rings. The molecule has 0 N–H and O–H groups in total. The van der Waals surface area contributed by atoms with Gasteiger partial charge in [0.1, 0.15) is 5.41 Å². The van der Waals surface area contributed by atoms with E-state index >= 15 is 0 Å². The lowest BCUT2D eigenvalue weighted by atomic mass is 9.64. The maximum atomic E-state index is 13.0. The molecule has 2 aliphatic carbocycles. The van der Waals surface area contributed by atoms with Crippen LogP contribution in [0.25, 0.3) is 21.8 Å². The van der Waals surface area contributed by atoms with E-state index in [4.69, 9.17) is 14.7 Å². The molecule has 4 nitrogen and oxygen atoms in total. The molecule has 1 saturated carbocycles. The Balaban J connectivity index is 1.89. The van der Waals surface area contributed by atoms with Gasteiger partial charge in [-0.25, -0.2) is 9.97 Å². The Kier molecular flexibility index (Phi) is 2.79. The van der Waals surface area contributed by atoms with Crippen LogP contribution in [0, 0.1) is 5.41 Å². The van der Waals surface area contributed by atoms with E-state index in [9.17, 15) is 4.79 Å². The van der Waals surface area contributed by atoms with Crippen molar-refractivity contribution in [2.45, 2.75) is 44.4 Å². The molecule has 2 aromatic carbocycles. The van der Waals surface area contributed by atoms with E-state index in [1.165, 1.54) is 7.11 Å². The topological polar surface area (TPSA) is 52.1 Å². The van der Waals surface area contributed by atoms with Gasteiger partial charge in [0.2, 0.25) is 0 Å². The zero-order valence-electron chi connectivity index (χ0n) is 15.6. The Bertz CT molecular complexity index is 1100. The van der Waals surface area contributed by atoms with Crippen molar-refractivity contribution >= 4 is 27.8 Å². The van der Waals surface area contributed by atoms with Crippen LogP contribution in [-0.4, -0.2) is 23.0 Å². The molecule has 1 aromatic heterocycles. The van der Waals surface area contributed by atoms with E-state index in [-0.39, 0.29) is 16.8 Å². The zero-order chi connectivity index (χ0) is 18.3. The Hall–Kier alpha value is -2.49. The lowest BCUT2D eigenvalue weighted by Gasteiger charge is -2.38. The number of fused-ring (bicyclic) bond motifs is 7. The highest BCUT2D eigenvalue weighted by molar-refractivity contribution is 5.96. The summed E-state index contributed by atoms with van der Waals surface area (Å²) in [5.74, 6) is -0.181. The molecule has 2 atom stereocenters. The molecule has 0 spiro atoms. The third-order valence-electron chi connectivity index (χ3n) is 7.44. The minimum atomic E-state index is -0.710. The summed E-state index contributed by atoms with van der Waals surface area (Å²) in [4.78, 5) is 23.0. The summed E-state index contributed by atoms with van der Waals surface area (Å²) >= 11 is 0. The van der Waals surface area contributed by atoms with Gasteiger partial charge in [0, 0.05) is 5.41 Å². The summed E-state index contributed by atoms with van der Waals surface area (Å²) in [6.45, 7) is 6.56. The van der Waals surface area contributed by atoms with Crippen molar-refractivity contribution in [3.8, 4) is 0 Å². The van der Waals surface area contributed by atoms with Gasteiger partial charge in [-0.15, -0.1) is 0 Å². The molecule has 0 saturated heterocycles. The third-order valence-corrected chi connectivity index (χ3v) is 7.44. The van der Waals surface area contributed by atoms with Crippen LogP contribution < -0.4 is 0 Å². The summed E-state index contributed by atoms with van der Waals surface area (Å²) < 4.78 is 5.27. The Labute approximate surface area is 152 Å². The summed E-state index contributed by atoms with van der Waals surface area (Å²) in [6.07, 6.45) is 1.69. The van der Waals surface area contributed by atoms with Gasteiger partial charge in [0.25, 0.3) is 0 Å². The van der Waals surface area contributed by atoms with Crippen LogP contribution in [0.5, 0.6) is 0 Å². The van der Waals surface area contributed by atoms with Gasteiger partial charge in [-0.1, -0.05) is 45.0 Å². The third kappa shape index (κ3) is 1.51. The van der Waals surface area contributed by atoms with Crippen molar-refractivity contribution in [1.82, 2.24) is 9.97 Å². The average molecular weight is 346 g/mol. The lowest BCUT2D eigenvalue weighted by Crippen LogP contribution is -2.46. The van der Waals surface area contributed by atoms with Crippen molar-refractivity contribution in [3.05, 3.63) is 47.8 Å². The molecule has 0 unspecified atom stereocenters. The maximum absolute atomic E-state index is 13.0. The van der Waals surface area contributed by atoms with Crippen molar-refractivity contribution in [1.29, 1.82) is 0 Å². The fourth-order valence-electron chi connectivity index (χ4n) is 5.41. The van der Waals surface area contributed by atoms with Crippen LogP contribution in [0.3, 0.4) is 0 Å². The number of nitrogens with zero attached hydrogens (tertiary/aromatic N) is 2. The minimum absolute atomic E-state index is 0.177. The predicted molar refractivity (Wildman–Crippen MR) is 101 cm³/mol. The summed E-state index contributed by atoms with van der Waals surface area (Å²) in [5, 5.41) is 2.29. The SMILES string of the molecule is COC(=O)[C@]12CC[C@@](C)(c3nc4cc5ccccc5cc4nc31)C2(C)C. The monoisotopic (exact) mass is 346 g/mol. The molecule has 2 aliphatic rings. The molecule has 3 aromatic rings. The van der Waals surface area contributed by atoms with Crippen molar-refractivity contribution in [3.63, 3.8) is 0 Å². The average Bonchev–Trinajstić information content (AvgIpc) is 2.93. The van der Waals surface area contributed by atoms with Crippen molar-refractivity contribution < 1.29 is 9.53 Å². The minimum Gasteiger partial charge on any atom is -0.468 e. The van der Waals surface area contributed by atoms with Gasteiger partial charge >= 0.3 is 5.97 Å². The molecule has 5 rings (SSSR count). The second-order valence-electron chi connectivity index (χ2n) is 8.46. The molecular weight excluding hydrogens is 324 g/mol. The van der Waals surface area contributed by atoms with Crippen LogP contribution in [0.2, 0.25) is 0 Å². The molecule has 4 heteroatoms.